The molecule has 1 aliphatic heterocycles. The molecule has 0 bridgehead atoms. The molecule has 0 aliphatic carbocycles. The third kappa shape index (κ3) is 3.09. The van der Waals surface area contributed by atoms with Crippen molar-refractivity contribution in [1.82, 2.24) is 15.3 Å². The molecule has 0 saturated carbocycles. The first kappa shape index (κ1) is 16.7. The molecule has 1 saturated heterocycles. The number of fused-ring (bicyclic) bond motifs is 1. The minimum atomic E-state index is -0.881. The van der Waals surface area contributed by atoms with Crippen LogP contribution in [-0.4, -0.2) is 46.8 Å². The van der Waals surface area contributed by atoms with Gasteiger partial charge >= 0.3 is 5.97 Å². The van der Waals surface area contributed by atoms with Crippen molar-refractivity contribution in [2.75, 3.05) is 13.7 Å². The molecule has 7 nitrogen and oxygen atoms in total. The summed E-state index contributed by atoms with van der Waals surface area (Å²) in [6.07, 6.45) is 0.340. The number of carbonyl (C=O) groups is 1. The summed E-state index contributed by atoms with van der Waals surface area (Å²) < 4.78 is 11.1. The first-order valence-electron chi connectivity index (χ1n) is 7.67. The van der Waals surface area contributed by atoms with Crippen LogP contribution in [0.2, 0.25) is 5.15 Å². The summed E-state index contributed by atoms with van der Waals surface area (Å²) in [5.41, 5.74) is 1.23. The van der Waals surface area contributed by atoms with Crippen LogP contribution in [0.3, 0.4) is 0 Å². The zero-order valence-corrected chi connectivity index (χ0v) is 14.1. The van der Waals surface area contributed by atoms with E-state index in [1.165, 1.54) is 0 Å². The van der Waals surface area contributed by atoms with Gasteiger partial charge in [0, 0.05) is 18.5 Å². The van der Waals surface area contributed by atoms with Gasteiger partial charge in [-0.1, -0.05) is 18.5 Å². The standard InChI is InChI=1S/C16H18ClN3O4/c1-3-9-12(7-18-13(9)16(21)22)24-15-14(17)19-10-5-4-8(23-2)6-11(10)20-15/h4-6,9,12-13,18H,3,7H2,1-2H3,(H,21,22). The molecule has 1 fully saturated rings. The molecule has 3 rings (SSSR count). The van der Waals surface area contributed by atoms with E-state index in [9.17, 15) is 9.90 Å². The van der Waals surface area contributed by atoms with Gasteiger partial charge in [-0.2, -0.15) is 0 Å². The second kappa shape index (κ2) is 6.78. The lowest BCUT2D eigenvalue weighted by Gasteiger charge is -2.21. The molecule has 24 heavy (non-hydrogen) atoms. The van der Waals surface area contributed by atoms with Gasteiger partial charge in [-0.15, -0.1) is 0 Å². The lowest BCUT2D eigenvalue weighted by molar-refractivity contribution is -0.140. The lowest BCUT2D eigenvalue weighted by Crippen LogP contribution is -2.36. The highest BCUT2D eigenvalue weighted by atomic mass is 35.5. The number of halogens is 1. The average molecular weight is 352 g/mol. The molecule has 1 aliphatic rings. The van der Waals surface area contributed by atoms with Gasteiger partial charge in [0.25, 0.3) is 5.88 Å². The number of ether oxygens (including phenoxy) is 2. The summed E-state index contributed by atoms with van der Waals surface area (Å²) in [4.78, 5) is 20.0. The van der Waals surface area contributed by atoms with Crippen molar-refractivity contribution in [3.63, 3.8) is 0 Å². The quantitative estimate of drug-likeness (QED) is 0.852. The normalized spacial score (nSPS) is 23.4. The maximum Gasteiger partial charge on any atom is 0.321 e. The molecular weight excluding hydrogens is 334 g/mol. The Balaban J connectivity index is 1.89. The Labute approximate surface area is 144 Å². The smallest absolute Gasteiger partial charge is 0.321 e. The second-order valence-corrected chi connectivity index (χ2v) is 5.98. The van der Waals surface area contributed by atoms with E-state index in [1.54, 1.807) is 25.3 Å². The van der Waals surface area contributed by atoms with E-state index in [-0.39, 0.29) is 23.1 Å². The maximum atomic E-state index is 11.3. The number of nitrogens with one attached hydrogen (secondary N) is 1. The number of benzene rings is 1. The van der Waals surface area contributed by atoms with Gasteiger partial charge in [0.15, 0.2) is 5.15 Å². The molecule has 1 aromatic heterocycles. The summed E-state index contributed by atoms with van der Waals surface area (Å²) >= 11 is 6.18. The topological polar surface area (TPSA) is 93.6 Å². The fourth-order valence-electron chi connectivity index (χ4n) is 3.00. The van der Waals surface area contributed by atoms with Crippen molar-refractivity contribution >= 4 is 28.6 Å². The van der Waals surface area contributed by atoms with E-state index < -0.39 is 12.0 Å². The second-order valence-electron chi connectivity index (χ2n) is 5.63. The van der Waals surface area contributed by atoms with Gasteiger partial charge in [0.2, 0.25) is 0 Å². The number of carboxylic acids is 1. The number of hydrogen-bond acceptors (Lipinski definition) is 6. The number of aliphatic carboxylic acids is 1. The SMILES string of the molecule is CCC1C(Oc2nc3cc(OC)ccc3nc2Cl)CNC1C(=O)O. The van der Waals surface area contributed by atoms with Gasteiger partial charge in [-0.25, -0.2) is 9.97 Å². The Morgan fingerprint density at radius 3 is 2.88 bits per heavy atom. The minimum absolute atomic E-state index is 0.154. The van der Waals surface area contributed by atoms with E-state index >= 15 is 0 Å². The molecule has 3 atom stereocenters. The van der Waals surface area contributed by atoms with Crippen LogP contribution >= 0.6 is 11.6 Å². The number of nitrogens with zero attached hydrogens (tertiary/aromatic N) is 2. The Hall–Kier alpha value is -2.12. The van der Waals surface area contributed by atoms with Crippen LogP contribution in [0.25, 0.3) is 11.0 Å². The Morgan fingerprint density at radius 2 is 2.21 bits per heavy atom. The molecular formula is C16H18ClN3O4. The number of methoxy groups -OCH3 is 1. The van der Waals surface area contributed by atoms with Crippen molar-refractivity contribution < 1.29 is 19.4 Å². The van der Waals surface area contributed by atoms with Gasteiger partial charge < -0.3 is 19.9 Å². The molecule has 0 spiro atoms. The number of carboxylic acid groups (broad SMARTS) is 1. The Kier molecular flexibility index (Phi) is 4.73. The van der Waals surface area contributed by atoms with Gasteiger partial charge in [0.1, 0.15) is 17.9 Å². The largest absolute Gasteiger partial charge is 0.497 e. The molecule has 0 amide bonds. The average Bonchev–Trinajstić information content (AvgIpc) is 2.98. The third-order valence-electron chi connectivity index (χ3n) is 4.24. The molecule has 2 N–H and O–H groups in total. The summed E-state index contributed by atoms with van der Waals surface area (Å²) in [6, 6.07) is 4.66. The predicted octanol–water partition coefficient (Wildman–Crippen LogP) is 2.12. The molecule has 1 aromatic carbocycles. The fourth-order valence-corrected chi connectivity index (χ4v) is 3.18. The molecule has 0 radical (unpaired) electrons. The monoisotopic (exact) mass is 351 g/mol. The summed E-state index contributed by atoms with van der Waals surface area (Å²) in [7, 11) is 1.57. The van der Waals surface area contributed by atoms with E-state index in [4.69, 9.17) is 21.1 Å². The van der Waals surface area contributed by atoms with E-state index in [1.807, 2.05) is 6.92 Å². The molecule has 2 heterocycles. The van der Waals surface area contributed by atoms with Crippen molar-refractivity contribution in [3.8, 4) is 11.6 Å². The maximum absolute atomic E-state index is 11.3. The lowest BCUT2D eigenvalue weighted by atomic mass is 9.95. The van der Waals surface area contributed by atoms with Crippen LogP contribution in [-0.2, 0) is 4.79 Å². The van der Waals surface area contributed by atoms with E-state index in [2.05, 4.69) is 15.3 Å². The predicted molar refractivity (Wildman–Crippen MR) is 88.7 cm³/mol. The highest BCUT2D eigenvalue weighted by Crippen LogP contribution is 2.30. The molecule has 3 unspecified atom stereocenters. The Bertz CT molecular complexity index is 770. The van der Waals surface area contributed by atoms with Crippen LogP contribution in [0.5, 0.6) is 11.6 Å². The summed E-state index contributed by atoms with van der Waals surface area (Å²) in [5, 5.41) is 12.4. The van der Waals surface area contributed by atoms with Gasteiger partial charge in [-0.3, -0.25) is 4.79 Å². The number of rotatable bonds is 5. The first-order valence-corrected chi connectivity index (χ1v) is 8.05. The highest BCUT2D eigenvalue weighted by molar-refractivity contribution is 6.31. The van der Waals surface area contributed by atoms with Crippen LogP contribution < -0.4 is 14.8 Å². The van der Waals surface area contributed by atoms with E-state index in [0.717, 1.165) is 0 Å². The fraction of sp³-hybridized carbons (Fsp3) is 0.438. The van der Waals surface area contributed by atoms with Crippen LogP contribution in [0, 0.1) is 5.92 Å². The molecule has 8 heteroatoms. The zero-order chi connectivity index (χ0) is 17.3. The number of hydrogen-bond donors (Lipinski definition) is 2. The first-order chi connectivity index (χ1) is 11.5. The van der Waals surface area contributed by atoms with Crippen molar-refractivity contribution in [2.45, 2.75) is 25.5 Å². The van der Waals surface area contributed by atoms with Crippen LogP contribution in [0.1, 0.15) is 13.3 Å². The third-order valence-corrected chi connectivity index (χ3v) is 4.49. The zero-order valence-electron chi connectivity index (χ0n) is 13.3. The van der Waals surface area contributed by atoms with Crippen molar-refractivity contribution in [1.29, 1.82) is 0 Å². The minimum Gasteiger partial charge on any atom is -0.497 e. The Morgan fingerprint density at radius 1 is 1.42 bits per heavy atom. The van der Waals surface area contributed by atoms with Gasteiger partial charge in [0.05, 0.1) is 18.1 Å². The van der Waals surface area contributed by atoms with E-state index in [0.29, 0.717) is 29.7 Å². The molecule has 128 valence electrons. The van der Waals surface area contributed by atoms with Crippen molar-refractivity contribution in [3.05, 3.63) is 23.4 Å². The molecule has 2 aromatic rings. The number of aromatic nitrogens is 2. The summed E-state index contributed by atoms with van der Waals surface area (Å²) in [5.74, 6) is -0.187. The summed E-state index contributed by atoms with van der Waals surface area (Å²) in [6.45, 7) is 2.35. The highest BCUT2D eigenvalue weighted by Gasteiger charge is 2.40. The van der Waals surface area contributed by atoms with Gasteiger partial charge in [-0.05, 0) is 18.6 Å². The van der Waals surface area contributed by atoms with Crippen LogP contribution in [0.4, 0.5) is 0 Å². The van der Waals surface area contributed by atoms with Crippen molar-refractivity contribution in [2.24, 2.45) is 5.92 Å². The van der Waals surface area contributed by atoms with Crippen LogP contribution in [0.15, 0.2) is 18.2 Å².